The molecule has 0 aliphatic carbocycles. The predicted molar refractivity (Wildman–Crippen MR) is 192 cm³/mol. The van der Waals surface area contributed by atoms with Gasteiger partial charge in [0.1, 0.15) is 11.2 Å². The van der Waals surface area contributed by atoms with Crippen LogP contribution in [0.5, 0.6) is 0 Å². The van der Waals surface area contributed by atoms with Gasteiger partial charge in [0, 0.05) is 21.9 Å². The Morgan fingerprint density at radius 1 is 0.340 bits per heavy atom. The maximum atomic E-state index is 6.46. The average molecular weight is 602 g/mol. The molecule has 2 heterocycles. The van der Waals surface area contributed by atoms with Crippen molar-refractivity contribution in [3.63, 3.8) is 0 Å². The number of para-hydroxylation sites is 2. The van der Waals surface area contributed by atoms with Crippen molar-refractivity contribution in [2.75, 3.05) is 0 Å². The van der Waals surface area contributed by atoms with E-state index in [1.807, 2.05) is 42.5 Å². The van der Waals surface area contributed by atoms with Crippen molar-refractivity contribution < 1.29 is 4.42 Å². The Hall–Kier alpha value is -6.39. The van der Waals surface area contributed by atoms with Crippen LogP contribution in [0.1, 0.15) is 0 Å². The lowest BCUT2D eigenvalue weighted by Crippen LogP contribution is -2.02. The number of hydrogen-bond acceptors (Lipinski definition) is 4. The molecule has 0 unspecified atom stereocenters. The second-order valence-electron chi connectivity index (χ2n) is 11.6. The van der Waals surface area contributed by atoms with Gasteiger partial charge in [-0.15, -0.1) is 0 Å². The summed E-state index contributed by atoms with van der Waals surface area (Å²) in [6, 6.07) is 56.3. The van der Waals surface area contributed by atoms with Crippen molar-refractivity contribution in [3.8, 4) is 56.4 Å². The first-order chi connectivity index (χ1) is 23.3. The topological polar surface area (TPSA) is 51.8 Å². The summed E-state index contributed by atoms with van der Waals surface area (Å²) in [5, 5.41) is 4.30. The third-order valence-corrected chi connectivity index (χ3v) is 8.77. The number of hydrogen-bond donors (Lipinski definition) is 0. The highest BCUT2D eigenvalue weighted by atomic mass is 16.3. The lowest BCUT2D eigenvalue weighted by Gasteiger charge is -2.15. The molecule has 7 aromatic carbocycles. The molecule has 4 heteroatoms. The van der Waals surface area contributed by atoms with E-state index in [4.69, 9.17) is 19.4 Å². The minimum absolute atomic E-state index is 0.564. The van der Waals surface area contributed by atoms with Crippen LogP contribution in [0.4, 0.5) is 0 Å². The van der Waals surface area contributed by atoms with E-state index in [0.717, 1.165) is 71.7 Å². The van der Waals surface area contributed by atoms with Crippen LogP contribution in [0.25, 0.3) is 89.1 Å². The molecule has 2 aromatic heterocycles. The standard InChI is InChI=1S/C43H27N3O/c1-3-12-28(13-4-1)29-22-24-32(25-23-29)41-44-42(37-20-11-19-36-35-18-9-10-21-38(35)47-40(36)37)46-43(45-41)39-33-17-8-7-16-31(33)26-27-34(39)30-14-5-2-6-15-30/h1-27H. The van der Waals surface area contributed by atoms with E-state index >= 15 is 0 Å². The summed E-state index contributed by atoms with van der Waals surface area (Å²) >= 11 is 0. The molecule has 0 atom stereocenters. The minimum Gasteiger partial charge on any atom is -0.455 e. The highest BCUT2D eigenvalue weighted by molar-refractivity contribution is 6.09. The second kappa shape index (κ2) is 11.2. The van der Waals surface area contributed by atoms with Crippen LogP contribution in [0, 0.1) is 0 Å². The van der Waals surface area contributed by atoms with Gasteiger partial charge in [-0.3, -0.25) is 0 Å². The van der Waals surface area contributed by atoms with E-state index in [-0.39, 0.29) is 0 Å². The van der Waals surface area contributed by atoms with Crippen molar-refractivity contribution >= 4 is 32.7 Å². The van der Waals surface area contributed by atoms with E-state index in [9.17, 15) is 0 Å². The first-order valence-electron chi connectivity index (χ1n) is 15.7. The van der Waals surface area contributed by atoms with Crippen LogP contribution >= 0.6 is 0 Å². The molecule has 47 heavy (non-hydrogen) atoms. The van der Waals surface area contributed by atoms with Gasteiger partial charge in [0.15, 0.2) is 17.5 Å². The van der Waals surface area contributed by atoms with Crippen molar-refractivity contribution in [1.82, 2.24) is 15.0 Å². The van der Waals surface area contributed by atoms with Gasteiger partial charge >= 0.3 is 0 Å². The summed E-state index contributed by atoms with van der Waals surface area (Å²) in [5.74, 6) is 1.78. The van der Waals surface area contributed by atoms with Crippen molar-refractivity contribution in [2.24, 2.45) is 0 Å². The fourth-order valence-electron chi connectivity index (χ4n) is 6.47. The summed E-state index contributed by atoms with van der Waals surface area (Å²) in [6.45, 7) is 0. The number of aromatic nitrogens is 3. The molecule has 0 fully saturated rings. The highest BCUT2D eigenvalue weighted by Gasteiger charge is 2.21. The fraction of sp³-hybridized carbons (Fsp3) is 0. The molecule has 0 spiro atoms. The molecule has 0 N–H and O–H groups in total. The molecular formula is C43H27N3O. The molecule has 220 valence electrons. The third-order valence-electron chi connectivity index (χ3n) is 8.77. The van der Waals surface area contributed by atoms with E-state index in [1.165, 1.54) is 0 Å². The van der Waals surface area contributed by atoms with Crippen molar-refractivity contribution in [1.29, 1.82) is 0 Å². The summed E-state index contributed by atoms with van der Waals surface area (Å²) in [4.78, 5) is 15.6. The highest BCUT2D eigenvalue weighted by Crippen LogP contribution is 2.40. The summed E-state index contributed by atoms with van der Waals surface area (Å²) in [6.07, 6.45) is 0. The summed E-state index contributed by atoms with van der Waals surface area (Å²) < 4.78 is 6.46. The summed E-state index contributed by atoms with van der Waals surface area (Å²) in [5.41, 5.74) is 8.76. The molecule has 0 saturated carbocycles. The van der Waals surface area contributed by atoms with Crippen molar-refractivity contribution in [2.45, 2.75) is 0 Å². The van der Waals surface area contributed by atoms with Crippen LogP contribution in [0.2, 0.25) is 0 Å². The normalized spacial score (nSPS) is 11.4. The molecule has 0 radical (unpaired) electrons. The van der Waals surface area contributed by atoms with Gasteiger partial charge in [0.05, 0.1) is 5.56 Å². The van der Waals surface area contributed by atoms with Gasteiger partial charge in [-0.05, 0) is 45.2 Å². The Kier molecular flexibility index (Phi) is 6.43. The Morgan fingerprint density at radius 3 is 1.74 bits per heavy atom. The molecule has 4 nitrogen and oxygen atoms in total. The zero-order chi connectivity index (χ0) is 31.2. The van der Waals surface area contributed by atoms with Crippen molar-refractivity contribution in [3.05, 3.63) is 164 Å². The van der Waals surface area contributed by atoms with Gasteiger partial charge in [0.2, 0.25) is 0 Å². The zero-order valence-electron chi connectivity index (χ0n) is 25.3. The molecular weight excluding hydrogens is 574 g/mol. The number of benzene rings is 7. The number of furan rings is 1. The number of rotatable bonds is 5. The molecule has 0 aliphatic rings. The van der Waals surface area contributed by atoms with Gasteiger partial charge in [-0.1, -0.05) is 152 Å². The van der Waals surface area contributed by atoms with Crippen LogP contribution < -0.4 is 0 Å². The molecule has 0 saturated heterocycles. The molecule has 0 aliphatic heterocycles. The first kappa shape index (κ1) is 27.0. The van der Waals surface area contributed by atoms with Gasteiger partial charge in [0.25, 0.3) is 0 Å². The van der Waals surface area contributed by atoms with Crippen LogP contribution in [0.3, 0.4) is 0 Å². The molecule has 9 rings (SSSR count). The van der Waals surface area contributed by atoms with Crippen LogP contribution in [-0.2, 0) is 0 Å². The SMILES string of the molecule is c1ccc(-c2ccc(-c3nc(-c4c(-c5ccccc5)ccc5ccccc45)nc(-c4cccc5c4oc4ccccc45)n3)cc2)cc1. The average Bonchev–Trinajstić information content (AvgIpc) is 3.54. The summed E-state index contributed by atoms with van der Waals surface area (Å²) in [7, 11) is 0. The molecule has 0 amide bonds. The molecule has 9 aromatic rings. The molecule has 0 bridgehead atoms. The second-order valence-corrected chi connectivity index (χ2v) is 11.6. The lowest BCUT2D eigenvalue weighted by atomic mass is 9.93. The zero-order valence-corrected chi connectivity index (χ0v) is 25.3. The maximum Gasteiger partial charge on any atom is 0.167 e. The predicted octanol–water partition coefficient (Wildman–Crippen LogP) is 11.3. The first-order valence-corrected chi connectivity index (χ1v) is 15.7. The quantitative estimate of drug-likeness (QED) is 0.197. The Bertz CT molecular complexity index is 2550. The fourth-order valence-corrected chi connectivity index (χ4v) is 6.47. The van der Waals surface area contributed by atoms with Crippen LogP contribution in [-0.4, -0.2) is 15.0 Å². The number of fused-ring (bicyclic) bond motifs is 4. The maximum absolute atomic E-state index is 6.46. The number of nitrogens with zero attached hydrogens (tertiary/aromatic N) is 3. The Balaban J connectivity index is 1.32. The van der Waals surface area contributed by atoms with Gasteiger partial charge in [-0.2, -0.15) is 0 Å². The van der Waals surface area contributed by atoms with Crippen LogP contribution in [0.15, 0.2) is 168 Å². The van der Waals surface area contributed by atoms with E-state index in [1.54, 1.807) is 0 Å². The van der Waals surface area contributed by atoms with Gasteiger partial charge < -0.3 is 4.42 Å². The largest absolute Gasteiger partial charge is 0.455 e. The monoisotopic (exact) mass is 601 g/mol. The van der Waals surface area contributed by atoms with E-state index < -0.39 is 0 Å². The Labute approximate surface area is 271 Å². The third kappa shape index (κ3) is 4.75. The van der Waals surface area contributed by atoms with E-state index in [0.29, 0.717) is 17.5 Å². The smallest absolute Gasteiger partial charge is 0.167 e. The lowest BCUT2D eigenvalue weighted by molar-refractivity contribution is 0.669. The minimum atomic E-state index is 0.564. The van der Waals surface area contributed by atoms with E-state index in [2.05, 4.69) is 121 Å². The Morgan fingerprint density at radius 2 is 0.936 bits per heavy atom. The van der Waals surface area contributed by atoms with Gasteiger partial charge in [-0.25, -0.2) is 15.0 Å².